The standard InChI is InChI=1S/C18H12N4O3/c19-10-11-1-6-14-15(9-11)21-18(20-14)17-8-7-16(25-17)12-2-4-13(5-3-12)22(23)24/h1-10,19H,(H,20,21). The van der Waals surface area contributed by atoms with Gasteiger partial charge in [0.25, 0.3) is 5.69 Å². The molecule has 25 heavy (non-hydrogen) atoms. The maximum absolute atomic E-state index is 10.7. The third kappa shape index (κ3) is 2.67. The molecule has 2 aromatic carbocycles. The highest BCUT2D eigenvalue weighted by Crippen LogP contribution is 2.29. The van der Waals surface area contributed by atoms with Crippen molar-refractivity contribution >= 4 is 22.9 Å². The first-order valence-electron chi connectivity index (χ1n) is 7.49. The van der Waals surface area contributed by atoms with Crippen molar-refractivity contribution in [2.45, 2.75) is 0 Å². The highest BCUT2D eigenvalue weighted by molar-refractivity contribution is 5.87. The van der Waals surface area contributed by atoms with Crippen LogP contribution in [0.1, 0.15) is 5.56 Å². The lowest BCUT2D eigenvalue weighted by molar-refractivity contribution is -0.384. The molecule has 7 nitrogen and oxygen atoms in total. The molecule has 0 aliphatic heterocycles. The van der Waals surface area contributed by atoms with E-state index < -0.39 is 4.92 Å². The highest BCUT2D eigenvalue weighted by Gasteiger charge is 2.12. The summed E-state index contributed by atoms with van der Waals surface area (Å²) in [6, 6.07) is 15.3. The SMILES string of the molecule is N=Cc1ccc2nc(-c3ccc(-c4ccc([N+](=O)[O-])cc4)o3)[nH]c2c1. The molecule has 0 atom stereocenters. The summed E-state index contributed by atoms with van der Waals surface area (Å²) in [5.41, 5.74) is 3.18. The van der Waals surface area contributed by atoms with E-state index in [9.17, 15) is 10.1 Å². The molecule has 0 aliphatic carbocycles. The summed E-state index contributed by atoms with van der Waals surface area (Å²) in [7, 11) is 0. The average molecular weight is 332 g/mol. The average Bonchev–Trinajstić information content (AvgIpc) is 3.27. The molecule has 2 heterocycles. The van der Waals surface area contributed by atoms with Crippen LogP contribution < -0.4 is 0 Å². The van der Waals surface area contributed by atoms with E-state index in [1.54, 1.807) is 24.3 Å². The van der Waals surface area contributed by atoms with Crippen LogP contribution in [-0.4, -0.2) is 21.1 Å². The summed E-state index contributed by atoms with van der Waals surface area (Å²) in [6.07, 6.45) is 1.28. The second-order valence-corrected chi connectivity index (χ2v) is 5.47. The van der Waals surface area contributed by atoms with Crippen LogP contribution in [0.15, 0.2) is 59.0 Å². The first-order valence-corrected chi connectivity index (χ1v) is 7.49. The zero-order valence-electron chi connectivity index (χ0n) is 12.9. The third-order valence-electron chi connectivity index (χ3n) is 3.87. The Kier molecular flexibility index (Phi) is 3.39. The Labute approximate surface area is 141 Å². The molecule has 0 aliphatic rings. The lowest BCUT2D eigenvalue weighted by Gasteiger charge is -1.96. The minimum absolute atomic E-state index is 0.0369. The number of aromatic amines is 1. The summed E-state index contributed by atoms with van der Waals surface area (Å²) in [5, 5.41) is 18.0. The minimum Gasteiger partial charge on any atom is -0.453 e. The van der Waals surface area contributed by atoms with Crippen LogP contribution in [-0.2, 0) is 0 Å². The number of nitrogens with one attached hydrogen (secondary N) is 2. The van der Waals surface area contributed by atoms with Crippen molar-refractivity contribution in [3.05, 3.63) is 70.3 Å². The van der Waals surface area contributed by atoms with Gasteiger partial charge >= 0.3 is 0 Å². The summed E-state index contributed by atoms with van der Waals surface area (Å²) >= 11 is 0. The summed E-state index contributed by atoms with van der Waals surface area (Å²) in [5.74, 6) is 1.76. The predicted molar refractivity (Wildman–Crippen MR) is 93.8 cm³/mol. The Bertz CT molecular complexity index is 1090. The maximum atomic E-state index is 10.7. The fourth-order valence-corrected chi connectivity index (χ4v) is 2.60. The van der Waals surface area contributed by atoms with E-state index in [2.05, 4.69) is 9.97 Å². The van der Waals surface area contributed by atoms with Gasteiger partial charge in [0.15, 0.2) is 11.6 Å². The molecule has 0 unspecified atom stereocenters. The Morgan fingerprint density at radius 2 is 1.84 bits per heavy atom. The van der Waals surface area contributed by atoms with Crippen LogP contribution in [0.5, 0.6) is 0 Å². The molecule has 122 valence electrons. The number of non-ortho nitro benzene ring substituents is 1. The molecule has 0 bridgehead atoms. The quantitative estimate of drug-likeness (QED) is 0.328. The Morgan fingerprint density at radius 1 is 1.08 bits per heavy atom. The van der Waals surface area contributed by atoms with Crippen molar-refractivity contribution in [2.75, 3.05) is 0 Å². The minimum atomic E-state index is -0.436. The van der Waals surface area contributed by atoms with Crippen LogP contribution in [0.2, 0.25) is 0 Å². The molecule has 0 saturated heterocycles. The van der Waals surface area contributed by atoms with Gasteiger partial charge in [-0.05, 0) is 42.0 Å². The number of fused-ring (bicyclic) bond motifs is 1. The molecule has 0 radical (unpaired) electrons. The van der Waals surface area contributed by atoms with Crippen molar-refractivity contribution < 1.29 is 9.34 Å². The number of H-pyrrole nitrogens is 1. The fourth-order valence-electron chi connectivity index (χ4n) is 2.60. The van der Waals surface area contributed by atoms with Crippen LogP contribution in [0.4, 0.5) is 5.69 Å². The number of imidazole rings is 1. The van der Waals surface area contributed by atoms with Crippen LogP contribution in [0.3, 0.4) is 0 Å². The van der Waals surface area contributed by atoms with Gasteiger partial charge in [-0.2, -0.15) is 0 Å². The van der Waals surface area contributed by atoms with Crippen LogP contribution in [0.25, 0.3) is 33.9 Å². The lowest BCUT2D eigenvalue weighted by atomic mass is 10.1. The predicted octanol–water partition coefficient (Wildman–Crippen LogP) is 4.40. The number of benzene rings is 2. The van der Waals surface area contributed by atoms with E-state index in [1.807, 2.05) is 18.2 Å². The van der Waals surface area contributed by atoms with Crippen molar-refractivity contribution in [3.8, 4) is 22.9 Å². The van der Waals surface area contributed by atoms with Gasteiger partial charge in [-0.3, -0.25) is 10.1 Å². The molecule has 0 amide bonds. The van der Waals surface area contributed by atoms with Gasteiger partial charge < -0.3 is 14.8 Å². The first-order chi connectivity index (χ1) is 12.1. The van der Waals surface area contributed by atoms with Gasteiger partial charge in [0.2, 0.25) is 0 Å². The lowest BCUT2D eigenvalue weighted by Crippen LogP contribution is -1.86. The van der Waals surface area contributed by atoms with E-state index in [4.69, 9.17) is 9.83 Å². The van der Waals surface area contributed by atoms with E-state index in [-0.39, 0.29) is 5.69 Å². The van der Waals surface area contributed by atoms with Crippen molar-refractivity contribution in [1.82, 2.24) is 9.97 Å². The summed E-state index contributed by atoms with van der Waals surface area (Å²) < 4.78 is 5.83. The number of hydrogen-bond donors (Lipinski definition) is 2. The van der Waals surface area contributed by atoms with Crippen LogP contribution >= 0.6 is 0 Å². The topological polar surface area (TPSA) is 109 Å². The number of nitro groups is 1. The third-order valence-corrected chi connectivity index (χ3v) is 3.87. The Morgan fingerprint density at radius 3 is 2.56 bits per heavy atom. The molecule has 0 saturated carbocycles. The molecule has 4 aromatic rings. The molecule has 2 N–H and O–H groups in total. The van der Waals surface area contributed by atoms with Gasteiger partial charge in [-0.25, -0.2) is 4.98 Å². The fraction of sp³-hybridized carbons (Fsp3) is 0. The zero-order valence-corrected chi connectivity index (χ0v) is 12.9. The Hall–Kier alpha value is -3.74. The monoisotopic (exact) mass is 332 g/mol. The Balaban J connectivity index is 1.68. The van der Waals surface area contributed by atoms with Crippen molar-refractivity contribution in [1.29, 1.82) is 5.41 Å². The van der Waals surface area contributed by atoms with Gasteiger partial charge in [0, 0.05) is 23.9 Å². The smallest absolute Gasteiger partial charge is 0.269 e. The molecular weight excluding hydrogens is 320 g/mol. The number of furan rings is 1. The largest absolute Gasteiger partial charge is 0.453 e. The summed E-state index contributed by atoms with van der Waals surface area (Å²) in [6.45, 7) is 0. The van der Waals surface area contributed by atoms with Crippen molar-refractivity contribution in [2.24, 2.45) is 0 Å². The van der Waals surface area contributed by atoms with E-state index in [1.165, 1.54) is 18.3 Å². The number of aromatic nitrogens is 2. The second kappa shape index (κ2) is 5.72. The van der Waals surface area contributed by atoms with Gasteiger partial charge in [0.05, 0.1) is 16.0 Å². The number of nitro benzene ring substituents is 1. The number of rotatable bonds is 4. The van der Waals surface area contributed by atoms with Gasteiger partial charge in [-0.1, -0.05) is 6.07 Å². The molecule has 2 aromatic heterocycles. The molecule has 7 heteroatoms. The maximum Gasteiger partial charge on any atom is 0.269 e. The molecule has 0 spiro atoms. The zero-order chi connectivity index (χ0) is 17.4. The van der Waals surface area contributed by atoms with E-state index in [0.717, 1.165) is 22.2 Å². The molecular formula is C18H12N4O3. The molecule has 4 rings (SSSR count). The highest BCUT2D eigenvalue weighted by atomic mass is 16.6. The number of hydrogen-bond acceptors (Lipinski definition) is 5. The first kappa shape index (κ1) is 14.8. The van der Waals surface area contributed by atoms with E-state index >= 15 is 0 Å². The van der Waals surface area contributed by atoms with Gasteiger partial charge in [-0.15, -0.1) is 0 Å². The normalized spacial score (nSPS) is 10.9. The summed E-state index contributed by atoms with van der Waals surface area (Å²) in [4.78, 5) is 18.0. The number of nitrogens with zero attached hydrogens (tertiary/aromatic N) is 2. The van der Waals surface area contributed by atoms with Gasteiger partial charge in [0.1, 0.15) is 5.76 Å². The second-order valence-electron chi connectivity index (χ2n) is 5.47. The molecule has 0 fully saturated rings. The van der Waals surface area contributed by atoms with Crippen LogP contribution in [0, 0.1) is 15.5 Å². The van der Waals surface area contributed by atoms with E-state index in [0.29, 0.717) is 17.3 Å². The van der Waals surface area contributed by atoms with Crippen molar-refractivity contribution in [3.63, 3.8) is 0 Å².